The van der Waals surface area contributed by atoms with E-state index in [4.69, 9.17) is 21.4 Å². The van der Waals surface area contributed by atoms with Gasteiger partial charge in [0.05, 0.1) is 5.56 Å². The molecule has 0 aliphatic carbocycles. The number of aliphatic carboxylic acids is 1. The molecule has 0 heterocycles. The summed E-state index contributed by atoms with van der Waals surface area (Å²) in [5.41, 5.74) is 0.456. The summed E-state index contributed by atoms with van der Waals surface area (Å²) in [7, 11) is 0. The van der Waals surface area contributed by atoms with Crippen LogP contribution in [0.5, 0.6) is 5.75 Å². The highest BCUT2D eigenvalue weighted by molar-refractivity contribution is 14.1. The number of ether oxygens (including phenoxy) is 1. The summed E-state index contributed by atoms with van der Waals surface area (Å²) in [5, 5.41) is 11.6. The van der Waals surface area contributed by atoms with Crippen molar-refractivity contribution in [3.05, 3.63) is 61.9 Å². The zero-order valence-electron chi connectivity index (χ0n) is 12.2. The summed E-state index contributed by atoms with van der Waals surface area (Å²) >= 11 is 7.83. The van der Waals surface area contributed by atoms with Gasteiger partial charge in [-0.2, -0.15) is 0 Å². The number of carboxylic acid groups (broad SMARTS) is 1. The predicted octanol–water partition coefficient (Wildman–Crippen LogP) is 3.48. The third-order valence-electron chi connectivity index (χ3n) is 2.99. The fraction of sp³-hybridized carbons (Fsp3) is 0.125. The maximum Gasteiger partial charge on any atom is 0.341 e. The summed E-state index contributed by atoms with van der Waals surface area (Å²) in [6.45, 7) is -0.616. The number of carboxylic acids is 1. The molecule has 126 valence electrons. The van der Waals surface area contributed by atoms with Gasteiger partial charge in [-0.3, -0.25) is 4.79 Å². The molecule has 8 heteroatoms. The second-order valence-corrected chi connectivity index (χ2v) is 6.42. The molecule has 0 aliphatic rings. The SMILES string of the molecule is O=C(O)COc1cc(Cl)ccc1C(=O)NCc1ccc(I)cc1F. The van der Waals surface area contributed by atoms with Crippen molar-refractivity contribution in [2.75, 3.05) is 6.61 Å². The lowest BCUT2D eigenvalue weighted by Gasteiger charge is -2.11. The molecule has 0 aliphatic heterocycles. The van der Waals surface area contributed by atoms with Crippen LogP contribution in [0.4, 0.5) is 4.39 Å². The molecule has 2 aromatic carbocycles. The molecule has 0 spiro atoms. The van der Waals surface area contributed by atoms with Crippen LogP contribution in [-0.4, -0.2) is 23.6 Å². The average molecular weight is 464 g/mol. The van der Waals surface area contributed by atoms with Crippen LogP contribution in [0.25, 0.3) is 0 Å². The van der Waals surface area contributed by atoms with E-state index in [1.807, 2.05) is 22.6 Å². The first-order chi connectivity index (χ1) is 11.4. The Balaban J connectivity index is 2.12. The Hall–Kier alpha value is -1.87. The van der Waals surface area contributed by atoms with Crippen LogP contribution in [0.3, 0.4) is 0 Å². The van der Waals surface area contributed by atoms with E-state index >= 15 is 0 Å². The zero-order chi connectivity index (χ0) is 17.7. The van der Waals surface area contributed by atoms with E-state index in [0.717, 1.165) is 3.57 Å². The Labute approximate surface area is 155 Å². The summed E-state index contributed by atoms with van der Waals surface area (Å²) in [5.74, 6) is -2.07. The molecule has 0 saturated carbocycles. The Bertz CT molecular complexity index is 785. The minimum Gasteiger partial charge on any atom is -0.481 e. The topological polar surface area (TPSA) is 75.6 Å². The summed E-state index contributed by atoms with van der Waals surface area (Å²) in [4.78, 5) is 22.9. The fourth-order valence-electron chi connectivity index (χ4n) is 1.88. The largest absolute Gasteiger partial charge is 0.481 e. The van der Waals surface area contributed by atoms with Crippen molar-refractivity contribution in [1.29, 1.82) is 0 Å². The first kappa shape index (κ1) is 18.5. The molecule has 2 rings (SSSR count). The molecular weight excluding hydrogens is 452 g/mol. The van der Waals surface area contributed by atoms with E-state index in [9.17, 15) is 14.0 Å². The molecule has 0 radical (unpaired) electrons. The smallest absolute Gasteiger partial charge is 0.341 e. The molecule has 0 aromatic heterocycles. The van der Waals surface area contributed by atoms with Gasteiger partial charge in [-0.1, -0.05) is 17.7 Å². The number of halogens is 3. The minimum atomic E-state index is -1.18. The van der Waals surface area contributed by atoms with Crippen molar-refractivity contribution in [2.24, 2.45) is 0 Å². The van der Waals surface area contributed by atoms with E-state index in [0.29, 0.717) is 10.6 Å². The van der Waals surface area contributed by atoms with Crippen LogP contribution in [0.15, 0.2) is 36.4 Å². The Morgan fingerprint density at radius 3 is 2.67 bits per heavy atom. The van der Waals surface area contributed by atoms with Crippen LogP contribution in [0.1, 0.15) is 15.9 Å². The monoisotopic (exact) mass is 463 g/mol. The van der Waals surface area contributed by atoms with E-state index in [-0.39, 0.29) is 17.9 Å². The van der Waals surface area contributed by atoms with Gasteiger partial charge < -0.3 is 15.2 Å². The highest BCUT2D eigenvalue weighted by Gasteiger charge is 2.15. The minimum absolute atomic E-state index is 0.0113. The standard InChI is InChI=1S/C16H12ClFINO4/c17-10-2-4-12(14(5-10)24-8-15(21)22)16(23)20-7-9-1-3-11(19)6-13(9)18/h1-6H,7-8H2,(H,20,23)(H,21,22). The van der Waals surface area contributed by atoms with E-state index in [1.165, 1.54) is 24.3 Å². The summed E-state index contributed by atoms with van der Waals surface area (Å²) in [6, 6.07) is 8.93. The lowest BCUT2D eigenvalue weighted by molar-refractivity contribution is -0.139. The van der Waals surface area contributed by atoms with Crippen molar-refractivity contribution in [1.82, 2.24) is 5.32 Å². The van der Waals surface area contributed by atoms with Gasteiger partial charge in [-0.05, 0) is 52.9 Å². The van der Waals surface area contributed by atoms with Gasteiger partial charge in [0.15, 0.2) is 6.61 Å². The summed E-state index contributed by atoms with van der Waals surface area (Å²) < 4.78 is 19.6. The quantitative estimate of drug-likeness (QED) is 0.643. The van der Waals surface area contributed by atoms with Gasteiger partial charge in [0.25, 0.3) is 5.91 Å². The van der Waals surface area contributed by atoms with Crippen molar-refractivity contribution >= 4 is 46.1 Å². The van der Waals surface area contributed by atoms with Crippen LogP contribution >= 0.6 is 34.2 Å². The lowest BCUT2D eigenvalue weighted by Crippen LogP contribution is -2.24. The molecule has 2 N–H and O–H groups in total. The molecule has 1 amide bonds. The van der Waals surface area contributed by atoms with Gasteiger partial charge >= 0.3 is 5.97 Å². The molecule has 0 atom stereocenters. The van der Waals surface area contributed by atoms with Gasteiger partial charge in [0.1, 0.15) is 11.6 Å². The summed E-state index contributed by atoms with van der Waals surface area (Å²) in [6.07, 6.45) is 0. The van der Waals surface area contributed by atoms with Crippen LogP contribution in [0.2, 0.25) is 5.02 Å². The first-order valence-electron chi connectivity index (χ1n) is 6.73. The third-order valence-corrected chi connectivity index (χ3v) is 3.90. The molecule has 0 fully saturated rings. The second-order valence-electron chi connectivity index (χ2n) is 4.74. The fourth-order valence-corrected chi connectivity index (χ4v) is 2.49. The Morgan fingerprint density at radius 1 is 1.25 bits per heavy atom. The maximum atomic E-state index is 13.8. The second kappa shape index (κ2) is 8.29. The molecule has 24 heavy (non-hydrogen) atoms. The number of hydrogen-bond acceptors (Lipinski definition) is 3. The third kappa shape index (κ3) is 5.07. The molecule has 0 bridgehead atoms. The molecular formula is C16H12ClFINO4. The molecule has 5 nitrogen and oxygen atoms in total. The van der Waals surface area contributed by atoms with E-state index in [2.05, 4.69) is 5.32 Å². The maximum absolute atomic E-state index is 13.8. The molecule has 0 unspecified atom stereocenters. The number of nitrogens with one attached hydrogen (secondary N) is 1. The van der Waals surface area contributed by atoms with Gasteiger partial charge in [0, 0.05) is 20.7 Å². The van der Waals surface area contributed by atoms with Crippen LogP contribution < -0.4 is 10.1 Å². The number of carbonyl (C=O) groups excluding carboxylic acids is 1. The Kier molecular flexibility index (Phi) is 6.38. The number of rotatable bonds is 6. The predicted molar refractivity (Wildman–Crippen MR) is 94.9 cm³/mol. The van der Waals surface area contributed by atoms with Gasteiger partial charge in [0.2, 0.25) is 0 Å². The highest BCUT2D eigenvalue weighted by atomic mass is 127. The normalized spacial score (nSPS) is 10.3. The molecule has 2 aromatic rings. The van der Waals surface area contributed by atoms with E-state index < -0.39 is 24.3 Å². The number of amides is 1. The number of carbonyl (C=O) groups is 2. The average Bonchev–Trinajstić information content (AvgIpc) is 2.52. The van der Waals surface area contributed by atoms with Gasteiger partial charge in [-0.25, -0.2) is 9.18 Å². The first-order valence-corrected chi connectivity index (χ1v) is 8.19. The highest BCUT2D eigenvalue weighted by Crippen LogP contribution is 2.23. The number of hydrogen-bond donors (Lipinski definition) is 2. The molecule has 0 saturated heterocycles. The van der Waals surface area contributed by atoms with Crippen molar-refractivity contribution < 1.29 is 23.8 Å². The van der Waals surface area contributed by atoms with Crippen molar-refractivity contribution in [3.63, 3.8) is 0 Å². The Morgan fingerprint density at radius 2 is 2.00 bits per heavy atom. The zero-order valence-corrected chi connectivity index (χ0v) is 15.1. The lowest BCUT2D eigenvalue weighted by atomic mass is 10.1. The van der Waals surface area contributed by atoms with Gasteiger partial charge in [-0.15, -0.1) is 0 Å². The van der Waals surface area contributed by atoms with Crippen LogP contribution in [0, 0.1) is 9.39 Å². The van der Waals surface area contributed by atoms with E-state index in [1.54, 1.807) is 12.1 Å². The van der Waals surface area contributed by atoms with Crippen molar-refractivity contribution in [2.45, 2.75) is 6.54 Å². The van der Waals surface area contributed by atoms with Crippen molar-refractivity contribution in [3.8, 4) is 5.75 Å². The number of benzene rings is 2. The van der Waals surface area contributed by atoms with Crippen LogP contribution in [-0.2, 0) is 11.3 Å².